The lowest BCUT2D eigenvalue weighted by Crippen LogP contribution is -2.44. The molecule has 0 aliphatic rings. The van der Waals surface area contributed by atoms with E-state index in [4.69, 9.17) is 5.73 Å². The van der Waals surface area contributed by atoms with Crippen LogP contribution in [0.3, 0.4) is 0 Å². The summed E-state index contributed by atoms with van der Waals surface area (Å²) >= 11 is 0. The third-order valence-electron chi connectivity index (χ3n) is 4.91. The molecule has 0 spiro atoms. The van der Waals surface area contributed by atoms with E-state index < -0.39 is 11.9 Å². The van der Waals surface area contributed by atoms with Crippen LogP contribution < -0.4 is 5.73 Å². The predicted octanol–water partition coefficient (Wildman–Crippen LogP) is 3.85. The van der Waals surface area contributed by atoms with Crippen LogP contribution in [0.25, 0.3) is 16.6 Å². The molecule has 0 aliphatic heterocycles. The lowest BCUT2D eigenvalue weighted by molar-refractivity contribution is -0.0380. The molecule has 0 saturated carbocycles. The molecule has 142 valence electrons. The number of nitrogens with zero attached hydrogens (tertiary/aromatic N) is 2. The van der Waals surface area contributed by atoms with Crippen LogP contribution in [0.5, 0.6) is 0 Å². The fourth-order valence-electron chi connectivity index (χ4n) is 3.36. The largest absolute Gasteiger partial charge is 0.380 e. The van der Waals surface area contributed by atoms with Gasteiger partial charge in [-0.2, -0.15) is 5.10 Å². The second-order valence-electron chi connectivity index (χ2n) is 6.79. The van der Waals surface area contributed by atoms with Gasteiger partial charge in [0.15, 0.2) is 6.30 Å². The molecule has 0 bridgehead atoms. The fraction of sp³-hybridized carbons (Fsp3) is 0.136. The molecule has 6 heteroatoms. The lowest BCUT2D eigenvalue weighted by Gasteiger charge is -2.30. The first-order chi connectivity index (χ1) is 13.5. The molecule has 3 aromatic carbocycles. The fourth-order valence-corrected chi connectivity index (χ4v) is 3.36. The van der Waals surface area contributed by atoms with Crippen molar-refractivity contribution in [2.24, 2.45) is 5.73 Å². The Morgan fingerprint density at radius 3 is 2.43 bits per heavy atom. The van der Waals surface area contributed by atoms with Crippen molar-refractivity contribution in [2.75, 3.05) is 0 Å². The van der Waals surface area contributed by atoms with Gasteiger partial charge in [-0.05, 0) is 47.5 Å². The van der Waals surface area contributed by atoms with Gasteiger partial charge in [0, 0.05) is 11.8 Å². The molecule has 3 N–H and O–H groups in total. The van der Waals surface area contributed by atoms with Gasteiger partial charge in [-0.1, -0.05) is 36.4 Å². The second-order valence-corrected chi connectivity index (χ2v) is 6.79. The van der Waals surface area contributed by atoms with Gasteiger partial charge in [0.25, 0.3) is 0 Å². The minimum Gasteiger partial charge on any atom is -0.380 e. The normalized spacial score (nSPS) is 14.7. The third-order valence-corrected chi connectivity index (χ3v) is 4.91. The van der Waals surface area contributed by atoms with Crippen molar-refractivity contribution < 1.29 is 13.9 Å². The minimum absolute atomic E-state index is 0.0448. The third kappa shape index (κ3) is 3.28. The maximum absolute atomic E-state index is 14.3. The number of halogens is 2. The first-order valence-corrected chi connectivity index (χ1v) is 8.87. The topological polar surface area (TPSA) is 64.1 Å². The summed E-state index contributed by atoms with van der Waals surface area (Å²) in [5.41, 5.74) is 6.27. The summed E-state index contributed by atoms with van der Waals surface area (Å²) in [5, 5.41) is 16.1. The average molecular weight is 379 g/mol. The standard InChI is InChI=1S/C22H19F2N3O/c23-18-7-9-19(10-8-18)27-20-11-6-17(12-16(20)14-26-27)22(28,21(24)25)13-15-4-2-1-3-5-15/h1-12,14,21,28H,13,25H2. The number of benzene rings is 3. The zero-order chi connectivity index (χ0) is 19.7. The Kier molecular flexibility index (Phi) is 4.66. The van der Waals surface area contributed by atoms with Crippen LogP contribution in [0.2, 0.25) is 0 Å². The number of rotatable bonds is 5. The SMILES string of the molecule is NC(F)C(O)(Cc1ccccc1)c1ccc2c(cnn2-c2ccc(F)cc2)c1. The molecular weight excluding hydrogens is 360 g/mol. The van der Waals surface area contributed by atoms with E-state index in [1.165, 1.54) is 12.1 Å². The van der Waals surface area contributed by atoms with Crippen LogP contribution in [-0.4, -0.2) is 21.2 Å². The highest BCUT2D eigenvalue weighted by atomic mass is 19.1. The molecule has 1 aromatic heterocycles. The van der Waals surface area contributed by atoms with Gasteiger partial charge in [-0.3, -0.25) is 5.73 Å². The summed E-state index contributed by atoms with van der Waals surface area (Å²) in [6.07, 6.45) is -0.296. The molecular formula is C22H19F2N3O. The molecule has 2 unspecified atom stereocenters. The van der Waals surface area contributed by atoms with E-state index in [1.54, 1.807) is 41.2 Å². The Morgan fingerprint density at radius 1 is 1.04 bits per heavy atom. The molecule has 2 atom stereocenters. The average Bonchev–Trinajstić information content (AvgIpc) is 3.12. The number of hydrogen-bond donors (Lipinski definition) is 2. The van der Waals surface area contributed by atoms with E-state index in [9.17, 15) is 13.9 Å². The number of nitrogens with two attached hydrogens (primary N) is 1. The zero-order valence-electron chi connectivity index (χ0n) is 15.0. The highest BCUT2D eigenvalue weighted by molar-refractivity contribution is 5.81. The van der Waals surface area contributed by atoms with E-state index in [1.807, 2.05) is 30.3 Å². The van der Waals surface area contributed by atoms with Crippen LogP contribution in [0, 0.1) is 5.82 Å². The summed E-state index contributed by atoms with van der Waals surface area (Å²) in [4.78, 5) is 0. The Balaban J connectivity index is 1.75. The predicted molar refractivity (Wildman–Crippen MR) is 104 cm³/mol. The van der Waals surface area contributed by atoms with Crippen LogP contribution in [0.1, 0.15) is 11.1 Å². The Hall–Kier alpha value is -3.09. The molecule has 0 saturated heterocycles. The van der Waals surface area contributed by atoms with Crippen molar-refractivity contribution in [1.29, 1.82) is 0 Å². The Labute approximate surface area is 160 Å². The van der Waals surface area contributed by atoms with Gasteiger partial charge in [0.05, 0.1) is 17.4 Å². The highest BCUT2D eigenvalue weighted by Crippen LogP contribution is 2.32. The lowest BCUT2D eigenvalue weighted by atomic mass is 9.86. The molecule has 0 amide bonds. The summed E-state index contributed by atoms with van der Waals surface area (Å²) in [6, 6.07) is 20.2. The van der Waals surface area contributed by atoms with E-state index >= 15 is 0 Å². The number of alkyl halides is 1. The summed E-state index contributed by atoms with van der Waals surface area (Å²) in [5.74, 6) is -0.328. The van der Waals surface area contributed by atoms with Crippen molar-refractivity contribution in [3.63, 3.8) is 0 Å². The number of aliphatic hydroxyl groups is 1. The van der Waals surface area contributed by atoms with Crippen molar-refractivity contribution in [3.8, 4) is 5.69 Å². The monoisotopic (exact) mass is 379 g/mol. The van der Waals surface area contributed by atoms with Crippen LogP contribution in [0.15, 0.2) is 79.0 Å². The van der Waals surface area contributed by atoms with E-state index in [-0.39, 0.29) is 12.2 Å². The number of aromatic nitrogens is 2. The van der Waals surface area contributed by atoms with Gasteiger partial charge < -0.3 is 5.11 Å². The molecule has 0 aliphatic carbocycles. The molecule has 1 heterocycles. The zero-order valence-corrected chi connectivity index (χ0v) is 15.0. The Morgan fingerprint density at radius 2 is 1.75 bits per heavy atom. The molecule has 28 heavy (non-hydrogen) atoms. The van der Waals surface area contributed by atoms with E-state index in [2.05, 4.69) is 5.10 Å². The van der Waals surface area contributed by atoms with Gasteiger partial charge >= 0.3 is 0 Å². The van der Waals surface area contributed by atoms with Crippen LogP contribution >= 0.6 is 0 Å². The van der Waals surface area contributed by atoms with Crippen LogP contribution in [-0.2, 0) is 12.0 Å². The summed E-state index contributed by atoms with van der Waals surface area (Å²) < 4.78 is 29.1. The number of hydrogen-bond acceptors (Lipinski definition) is 3. The first kappa shape index (κ1) is 18.3. The smallest absolute Gasteiger partial charge is 0.182 e. The van der Waals surface area contributed by atoms with E-state index in [0.29, 0.717) is 16.6 Å². The molecule has 0 radical (unpaired) electrons. The van der Waals surface area contributed by atoms with Gasteiger partial charge in [-0.25, -0.2) is 13.5 Å². The molecule has 4 aromatic rings. The van der Waals surface area contributed by atoms with Crippen molar-refractivity contribution in [3.05, 3.63) is 95.9 Å². The minimum atomic E-state index is -1.96. The second kappa shape index (κ2) is 7.14. The summed E-state index contributed by atoms with van der Waals surface area (Å²) in [6.45, 7) is 0. The number of fused-ring (bicyclic) bond motifs is 1. The van der Waals surface area contributed by atoms with Gasteiger partial charge in [0.1, 0.15) is 11.4 Å². The van der Waals surface area contributed by atoms with Gasteiger partial charge in [-0.15, -0.1) is 0 Å². The molecule has 4 nitrogen and oxygen atoms in total. The van der Waals surface area contributed by atoms with Gasteiger partial charge in [0.2, 0.25) is 0 Å². The van der Waals surface area contributed by atoms with Crippen LogP contribution in [0.4, 0.5) is 8.78 Å². The maximum atomic E-state index is 14.3. The van der Waals surface area contributed by atoms with Crippen molar-refractivity contribution >= 4 is 10.9 Å². The Bertz CT molecular complexity index is 1090. The molecule has 0 fully saturated rings. The molecule has 4 rings (SSSR count). The highest BCUT2D eigenvalue weighted by Gasteiger charge is 2.37. The van der Waals surface area contributed by atoms with Crippen molar-refractivity contribution in [1.82, 2.24) is 9.78 Å². The first-order valence-electron chi connectivity index (χ1n) is 8.87. The van der Waals surface area contributed by atoms with E-state index in [0.717, 1.165) is 11.1 Å². The van der Waals surface area contributed by atoms with Crippen molar-refractivity contribution in [2.45, 2.75) is 18.3 Å². The summed E-state index contributed by atoms with van der Waals surface area (Å²) in [7, 11) is 0. The maximum Gasteiger partial charge on any atom is 0.182 e. The quantitative estimate of drug-likeness (QED) is 0.518.